The Bertz CT molecular complexity index is 361. The molecule has 0 aromatic carbocycles. The molecule has 1 aromatic rings. The first-order chi connectivity index (χ1) is 8.06. The summed E-state index contributed by atoms with van der Waals surface area (Å²) in [6, 6.07) is -0.415. The molecule has 96 valence electrons. The SMILES string of the molecule is CCC(C)C(N)C(=O)NCCc1nccn1C. The van der Waals surface area contributed by atoms with Crippen LogP contribution >= 0.6 is 0 Å². The van der Waals surface area contributed by atoms with E-state index in [1.807, 2.05) is 31.7 Å². The number of amides is 1. The quantitative estimate of drug-likeness (QED) is 0.756. The molecule has 2 unspecified atom stereocenters. The van der Waals surface area contributed by atoms with Crippen LogP contribution < -0.4 is 11.1 Å². The van der Waals surface area contributed by atoms with Gasteiger partial charge in [0.2, 0.25) is 5.91 Å². The second-order valence-electron chi connectivity index (χ2n) is 4.41. The van der Waals surface area contributed by atoms with Gasteiger partial charge in [-0.25, -0.2) is 4.98 Å². The van der Waals surface area contributed by atoms with Gasteiger partial charge in [-0.15, -0.1) is 0 Å². The number of nitrogens with one attached hydrogen (secondary N) is 1. The number of nitrogens with zero attached hydrogens (tertiary/aromatic N) is 2. The molecule has 1 amide bonds. The zero-order valence-corrected chi connectivity index (χ0v) is 10.8. The number of rotatable bonds is 6. The van der Waals surface area contributed by atoms with Crippen LogP contribution in [0.5, 0.6) is 0 Å². The third-order valence-electron chi connectivity index (χ3n) is 3.13. The summed E-state index contributed by atoms with van der Waals surface area (Å²) in [6.07, 6.45) is 5.28. The van der Waals surface area contributed by atoms with E-state index in [-0.39, 0.29) is 11.8 Å². The largest absolute Gasteiger partial charge is 0.354 e. The molecule has 1 rings (SSSR count). The molecule has 0 aliphatic rings. The van der Waals surface area contributed by atoms with E-state index in [9.17, 15) is 4.79 Å². The molecule has 0 aliphatic heterocycles. The molecule has 17 heavy (non-hydrogen) atoms. The lowest BCUT2D eigenvalue weighted by Crippen LogP contribution is -2.45. The fraction of sp³-hybridized carbons (Fsp3) is 0.667. The Labute approximate surface area is 102 Å². The highest BCUT2D eigenvalue weighted by molar-refractivity contribution is 5.81. The second kappa shape index (κ2) is 6.39. The Balaban J connectivity index is 2.32. The number of hydrogen-bond donors (Lipinski definition) is 2. The minimum absolute atomic E-state index is 0.0754. The first-order valence-corrected chi connectivity index (χ1v) is 6.05. The van der Waals surface area contributed by atoms with E-state index in [1.165, 1.54) is 0 Å². The number of nitrogens with two attached hydrogens (primary N) is 1. The van der Waals surface area contributed by atoms with Gasteiger partial charge < -0.3 is 15.6 Å². The highest BCUT2D eigenvalue weighted by Gasteiger charge is 2.18. The van der Waals surface area contributed by atoms with Crippen molar-refractivity contribution in [2.24, 2.45) is 18.7 Å². The van der Waals surface area contributed by atoms with Crippen molar-refractivity contribution >= 4 is 5.91 Å². The number of aromatic nitrogens is 2. The van der Waals surface area contributed by atoms with Gasteiger partial charge in [0, 0.05) is 32.4 Å². The van der Waals surface area contributed by atoms with Gasteiger partial charge in [0.1, 0.15) is 5.82 Å². The average Bonchev–Trinajstić information content (AvgIpc) is 2.73. The lowest BCUT2D eigenvalue weighted by molar-refractivity contribution is -0.123. The molecule has 5 nitrogen and oxygen atoms in total. The van der Waals surface area contributed by atoms with Gasteiger partial charge in [-0.2, -0.15) is 0 Å². The molecule has 0 saturated carbocycles. The van der Waals surface area contributed by atoms with Crippen molar-refractivity contribution in [3.05, 3.63) is 18.2 Å². The monoisotopic (exact) mass is 238 g/mol. The Morgan fingerprint density at radius 2 is 2.35 bits per heavy atom. The van der Waals surface area contributed by atoms with Crippen molar-refractivity contribution in [2.45, 2.75) is 32.7 Å². The van der Waals surface area contributed by atoms with Crippen LogP contribution in [0, 0.1) is 5.92 Å². The zero-order chi connectivity index (χ0) is 12.8. The summed E-state index contributed by atoms with van der Waals surface area (Å²) in [5.41, 5.74) is 5.83. The number of imidazole rings is 1. The van der Waals surface area contributed by atoms with E-state index in [1.54, 1.807) is 6.20 Å². The van der Waals surface area contributed by atoms with Crippen LogP contribution in [0.25, 0.3) is 0 Å². The topological polar surface area (TPSA) is 72.9 Å². The first-order valence-electron chi connectivity index (χ1n) is 6.05. The van der Waals surface area contributed by atoms with E-state index < -0.39 is 6.04 Å². The van der Waals surface area contributed by atoms with E-state index >= 15 is 0 Å². The van der Waals surface area contributed by atoms with Crippen LogP contribution in [0.3, 0.4) is 0 Å². The third kappa shape index (κ3) is 3.85. The molecule has 0 aliphatic carbocycles. The molecule has 0 radical (unpaired) electrons. The van der Waals surface area contributed by atoms with Crippen molar-refractivity contribution in [1.29, 1.82) is 0 Å². The summed E-state index contributed by atoms with van der Waals surface area (Å²) in [5.74, 6) is 1.10. The summed E-state index contributed by atoms with van der Waals surface area (Å²) in [4.78, 5) is 15.9. The molecule has 3 N–H and O–H groups in total. The summed E-state index contributed by atoms with van der Waals surface area (Å²) in [7, 11) is 1.94. The fourth-order valence-electron chi connectivity index (χ4n) is 1.57. The Morgan fingerprint density at radius 1 is 1.65 bits per heavy atom. The van der Waals surface area contributed by atoms with E-state index in [4.69, 9.17) is 5.73 Å². The number of carbonyl (C=O) groups excluding carboxylic acids is 1. The number of aryl methyl sites for hydroxylation is 1. The molecular formula is C12H22N4O. The molecule has 2 atom stereocenters. The molecule has 0 fully saturated rings. The summed E-state index contributed by atoms with van der Waals surface area (Å²) in [5, 5.41) is 2.85. The lowest BCUT2D eigenvalue weighted by atomic mass is 9.99. The van der Waals surface area contributed by atoms with Crippen LogP contribution in [0.15, 0.2) is 12.4 Å². The Morgan fingerprint density at radius 3 is 2.88 bits per heavy atom. The van der Waals surface area contributed by atoms with E-state index in [0.29, 0.717) is 6.54 Å². The van der Waals surface area contributed by atoms with Gasteiger partial charge in [-0.05, 0) is 5.92 Å². The summed E-state index contributed by atoms with van der Waals surface area (Å²) < 4.78 is 1.95. The molecule has 1 aromatic heterocycles. The second-order valence-corrected chi connectivity index (χ2v) is 4.41. The third-order valence-corrected chi connectivity index (χ3v) is 3.13. The van der Waals surface area contributed by atoms with Crippen molar-refractivity contribution in [3.8, 4) is 0 Å². The number of hydrogen-bond acceptors (Lipinski definition) is 3. The number of carbonyl (C=O) groups is 1. The van der Waals surface area contributed by atoms with Gasteiger partial charge in [0.25, 0.3) is 0 Å². The first kappa shape index (κ1) is 13.7. The maximum atomic E-state index is 11.7. The van der Waals surface area contributed by atoms with Crippen LogP contribution in [-0.2, 0) is 18.3 Å². The average molecular weight is 238 g/mol. The standard InChI is InChI=1S/C12H22N4O/c1-4-9(2)11(13)12(17)15-6-5-10-14-7-8-16(10)3/h7-9,11H,4-6,13H2,1-3H3,(H,15,17). The van der Waals surface area contributed by atoms with Crippen molar-refractivity contribution in [1.82, 2.24) is 14.9 Å². The van der Waals surface area contributed by atoms with Gasteiger partial charge in [0.15, 0.2) is 0 Å². The predicted molar refractivity (Wildman–Crippen MR) is 67.4 cm³/mol. The molecule has 0 saturated heterocycles. The van der Waals surface area contributed by atoms with Crippen molar-refractivity contribution < 1.29 is 4.79 Å². The maximum absolute atomic E-state index is 11.7. The van der Waals surface area contributed by atoms with Gasteiger partial charge in [-0.3, -0.25) is 4.79 Å². The molecule has 5 heteroatoms. The molecule has 0 bridgehead atoms. The maximum Gasteiger partial charge on any atom is 0.237 e. The minimum Gasteiger partial charge on any atom is -0.354 e. The van der Waals surface area contributed by atoms with Gasteiger partial charge in [0.05, 0.1) is 6.04 Å². The molecule has 0 spiro atoms. The van der Waals surface area contributed by atoms with Crippen LogP contribution in [0.1, 0.15) is 26.1 Å². The van der Waals surface area contributed by atoms with E-state index in [0.717, 1.165) is 18.7 Å². The Hall–Kier alpha value is -1.36. The van der Waals surface area contributed by atoms with Crippen LogP contribution in [0.2, 0.25) is 0 Å². The summed E-state index contributed by atoms with van der Waals surface area (Å²) in [6.45, 7) is 4.60. The predicted octanol–water partition coefficient (Wildman–Crippen LogP) is 0.452. The zero-order valence-electron chi connectivity index (χ0n) is 10.8. The minimum atomic E-state index is -0.415. The van der Waals surface area contributed by atoms with Gasteiger partial charge >= 0.3 is 0 Å². The van der Waals surface area contributed by atoms with Gasteiger partial charge in [-0.1, -0.05) is 20.3 Å². The summed E-state index contributed by atoms with van der Waals surface area (Å²) >= 11 is 0. The van der Waals surface area contributed by atoms with Crippen molar-refractivity contribution in [3.63, 3.8) is 0 Å². The normalized spacial score (nSPS) is 14.4. The molecular weight excluding hydrogens is 216 g/mol. The Kier molecular flexibility index (Phi) is 5.15. The van der Waals surface area contributed by atoms with Crippen LogP contribution in [-0.4, -0.2) is 28.0 Å². The highest BCUT2D eigenvalue weighted by atomic mass is 16.2. The van der Waals surface area contributed by atoms with Crippen LogP contribution in [0.4, 0.5) is 0 Å². The lowest BCUT2D eigenvalue weighted by Gasteiger charge is -2.17. The molecule has 1 heterocycles. The smallest absolute Gasteiger partial charge is 0.237 e. The highest BCUT2D eigenvalue weighted by Crippen LogP contribution is 2.05. The van der Waals surface area contributed by atoms with Crippen molar-refractivity contribution in [2.75, 3.05) is 6.54 Å². The van der Waals surface area contributed by atoms with E-state index in [2.05, 4.69) is 10.3 Å². The fourth-order valence-corrected chi connectivity index (χ4v) is 1.57.